The first kappa shape index (κ1) is 15.7. The first-order valence-corrected chi connectivity index (χ1v) is 9.21. The normalized spacial score (nSPS) is 11.0. The maximum Gasteiger partial charge on any atom is 0.0384 e. The molecule has 1 N–H and O–H groups in total. The van der Waals surface area contributed by atoms with E-state index in [9.17, 15) is 0 Å². The molecule has 0 aliphatic heterocycles. The van der Waals surface area contributed by atoms with Crippen molar-refractivity contribution in [2.75, 3.05) is 5.32 Å². The molecule has 0 amide bonds. The quantitative estimate of drug-likeness (QED) is 0.336. The Labute approximate surface area is 158 Å². The molecule has 0 atom stereocenters. The highest BCUT2D eigenvalue weighted by Gasteiger charge is 2.07. The van der Waals surface area contributed by atoms with Gasteiger partial charge in [0, 0.05) is 11.4 Å². The zero-order valence-corrected chi connectivity index (χ0v) is 14.9. The molecule has 128 valence electrons. The van der Waals surface area contributed by atoms with E-state index in [2.05, 4.69) is 96.3 Å². The van der Waals surface area contributed by atoms with Crippen LogP contribution in [0.25, 0.3) is 32.7 Å². The third-order valence-electron chi connectivity index (χ3n) is 5.03. The van der Waals surface area contributed by atoms with Crippen LogP contribution < -0.4 is 5.32 Å². The average Bonchev–Trinajstić information content (AvgIpc) is 2.74. The van der Waals surface area contributed by atoms with Gasteiger partial charge in [-0.15, -0.1) is 0 Å². The molecule has 1 nitrogen and oxygen atoms in total. The van der Waals surface area contributed by atoms with Crippen LogP contribution >= 0.6 is 0 Å². The molecule has 5 aromatic rings. The smallest absolute Gasteiger partial charge is 0.0384 e. The van der Waals surface area contributed by atoms with Gasteiger partial charge < -0.3 is 5.32 Å². The van der Waals surface area contributed by atoms with Crippen molar-refractivity contribution in [2.24, 2.45) is 0 Å². The Bertz CT molecular complexity index is 1220. The van der Waals surface area contributed by atoms with Crippen LogP contribution in [0.5, 0.6) is 0 Å². The number of nitrogens with one attached hydrogen (secondary N) is 1. The van der Waals surface area contributed by atoms with Crippen molar-refractivity contribution in [1.82, 2.24) is 0 Å². The summed E-state index contributed by atoms with van der Waals surface area (Å²) in [5.41, 5.74) is 4.70. The Hall–Kier alpha value is -3.58. The molecule has 0 aliphatic rings. The molecule has 27 heavy (non-hydrogen) atoms. The van der Waals surface area contributed by atoms with Crippen molar-refractivity contribution in [3.05, 3.63) is 109 Å². The van der Waals surface area contributed by atoms with E-state index in [1.165, 1.54) is 32.7 Å². The number of fused-ring (bicyclic) bond motifs is 3. The molecule has 0 heterocycles. The summed E-state index contributed by atoms with van der Waals surface area (Å²) in [7, 11) is 0. The molecule has 0 saturated carbocycles. The molecule has 5 aromatic carbocycles. The van der Waals surface area contributed by atoms with Gasteiger partial charge in [-0.2, -0.15) is 0 Å². The maximum absolute atomic E-state index is 3.45. The molecule has 0 spiro atoms. The lowest BCUT2D eigenvalue weighted by atomic mass is 9.94. The molecule has 0 fully saturated rings. The van der Waals surface area contributed by atoms with Gasteiger partial charge in [0.25, 0.3) is 0 Å². The minimum absolute atomic E-state index is 1.09. The summed E-state index contributed by atoms with van der Waals surface area (Å²) in [5, 5.41) is 8.62. The van der Waals surface area contributed by atoms with Gasteiger partial charge in [0.15, 0.2) is 0 Å². The highest BCUT2D eigenvalue weighted by atomic mass is 14.9. The molecular weight excluding hydrogens is 326 g/mol. The lowest BCUT2D eigenvalue weighted by Gasteiger charge is -2.12. The Morgan fingerprint density at radius 3 is 1.96 bits per heavy atom. The predicted octanol–water partition coefficient (Wildman–Crippen LogP) is 7.40. The van der Waals surface area contributed by atoms with Crippen molar-refractivity contribution >= 4 is 32.9 Å². The number of para-hydroxylation sites is 1. The van der Waals surface area contributed by atoms with E-state index >= 15 is 0 Å². The predicted molar refractivity (Wildman–Crippen MR) is 117 cm³/mol. The van der Waals surface area contributed by atoms with Crippen LogP contribution in [-0.4, -0.2) is 0 Å². The number of anilines is 2. The van der Waals surface area contributed by atoms with E-state index in [0.29, 0.717) is 0 Å². The van der Waals surface area contributed by atoms with Crippen LogP contribution in [0.3, 0.4) is 0 Å². The van der Waals surface area contributed by atoms with Crippen molar-refractivity contribution in [3.8, 4) is 11.1 Å². The fourth-order valence-electron chi connectivity index (χ4n) is 3.72. The summed E-state index contributed by atoms with van der Waals surface area (Å²) in [5.74, 6) is 0. The monoisotopic (exact) mass is 345 g/mol. The highest BCUT2D eigenvalue weighted by Crippen LogP contribution is 2.34. The van der Waals surface area contributed by atoms with Crippen LogP contribution in [0.15, 0.2) is 109 Å². The molecule has 0 unspecified atom stereocenters. The lowest BCUT2D eigenvalue weighted by Crippen LogP contribution is -1.90. The van der Waals surface area contributed by atoms with Gasteiger partial charge in [0.1, 0.15) is 0 Å². The van der Waals surface area contributed by atoms with E-state index in [4.69, 9.17) is 0 Å². The third kappa shape index (κ3) is 2.94. The SMILES string of the molecule is c1ccc(Nc2ccc(-c3cccc4ccc5ccccc5c34)cc2)cc1. The van der Waals surface area contributed by atoms with Gasteiger partial charge in [0.2, 0.25) is 0 Å². The van der Waals surface area contributed by atoms with Crippen molar-refractivity contribution < 1.29 is 0 Å². The molecule has 0 aromatic heterocycles. The van der Waals surface area contributed by atoms with E-state index in [1.807, 2.05) is 18.2 Å². The fraction of sp³-hybridized carbons (Fsp3) is 0. The first-order chi connectivity index (χ1) is 13.4. The van der Waals surface area contributed by atoms with Gasteiger partial charge in [-0.05, 0) is 56.9 Å². The third-order valence-corrected chi connectivity index (χ3v) is 5.03. The van der Waals surface area contributed by atoms with Crippen molar-refractivity contribution in [1.29, 1.82) is 0 Å². The summed E-state index contributed by atoms with van der Waals surface area (Å²) in [4.78, 5) is 0. The van der Waals surface area contributed by atoms with Gasteiger partial charge in [-0.3, -0.25) is 0 Å². The van der Waals surface area contributed by atoms with Crippen LogP contribution in [0, 0.1) is 0 Å². The second-order valence-corrected chi connectivity index (χ2v) is 6.76. The summed E-state index contributed by atoms with van der Waals surface area (Å²) < 4.78 is 0. The Balaban J connectivity index is 1.60. The Kier molecular flexibility index (Phi) is 3.84. The Morgan fingerprint density at radius 1 is 0.444 bits per heavy atom. The van der Waals surface area contributed by atoms with Gasteiger partial charge in [0.05, 0.1) is 0 Å². The number of rotatable bonds is 3. The number of hydrogen-bond acceptors (Lipinski definition) is 1. The zero-order valence-electron chi connectivity index (χ0n) is 14.9. The first-order valence-electron chi connectivity index (χ1n) is 9.21. The Morgan fingerprint density at radius 2 is 1.11 bits per heavy atom. The van der Waals surface area contributed by atoms with Gasteiger partial charge in [-0.1, -0.05) is 84.9 Å². The minimum Gasteiger partial charge on any atom is -0.356 e. The topological polar surface area (TPSA) is 12.0 Å². The molecule has 0 aliphatic carbocycles. The molecule has 1 heteroatoms. The largest absolute Gasteiger partial charge is 0.356 e. The zero-order chi connectivity index (χ0) is 18.1. The molecule has 5 rings (SSSR count). The van der Waals surface area contributed by atoms with Gasteiger partial charge >= 0.3 is 0 Å². The average molecular weight is 345 g/mol. The second kappa shape index (κ2) is 6.62. The number of hydrogen-bond donors (Lipinski definition) is 1. The highest BCUT2D eigenvalue weighted by molar-refractivity contribution is 6.14. The summed E-state index contributed by atoms with van der Waals surface area (Å²) >= 11 is 0. The van der Waals surface area contributed by atoms with E-state index in [0.717, 1.165) is 11.4 Å². The maximum atomic E-state index is 3.45. The second-order valence-electron chi connectivity index (χ2n) is 6.76. The molecule has 0 bridgehead atoms. The van der Waals surface area contributed by atoms with Crippen LogP contribution in [0.4, 0.5) is 11.4 Å². The molecular formula is C26H19N. The lowest BCUT2D eigenvalue weighted by molar-refractivity contribution is 1.55. The fourth-order valence-corrected chi connectivity index (χ4v) is 3.72. The molecule has 0 saturated heterocycles. The summed E-state index contributed by atoms with van der Waals surface area (Å²) in [6.45, 7) is 0. The van der Waals surface area contributed by atoms with E-state index in [1.54, 1.807) is 0 Å². The van der Waals surface area contributed by atoms with Gasteiger partial charge in [-0.25, -0.2) is 0 Å². The van der Waals surface area contributed by atoms with Crippen LogP contribution in [-0.2, 0) is 0 Å². The van der Waals surface area contributed by atoms with Crippen LogP contribution in [0.2, 0.25) is 0 Å². The summed E-state index contributed by atoms with van der Waals surface area (Å²) in [6, 6.07) is 38.5. The van der Waals surface area contributed by atoms with Crippen LogP contribution in [0.1, 0.15) is 0 Å². The molecule has 0 radical (unpaired) electrons. The van der Waals surface area contributed by atoms with Crippen molar-refractivity contribution in [3.63, 3.8) is 0 Å². The van der Waals surface area contributed by atoms with E-state index in [-0.39, 0.29) is 0 Å². The van der Waals surface area contributed by atoms with E-state index < -0.39 is 0 Å². The summed E-state index contributed by atoms with van der Waals surface area (Å²) in [6.07, 6.45) is 0. The standard InChI is InChI=1S/C26H19N/c1-2-9-22(10-3-1)27-23-17-15-20(16-18-23)25-12-6-8-21-14-13-19-7-4-5-11-24(19)26(21)25/h1-18,27H. The minimum atomic E-state index is 1.09. The van der Waals surface area contributed by atoms with Crippen molar-refractivity contribution in [2.45, 2.75) is 0 Å². The number of benzene rings is 5.